The zero-order valence-corrected chi connectivity index (χ0v) is 15.7. The van der Waals surface area contributed by atoms with Crippen LogP contribution in [-0.2, 0) is 4.79 Å². The molecule has 0 aliphatic rings. The SMILES string of the molecule is Cc1ccc([C@@H](C)NC(=O)[C@@H](C)Oc2ccc3ccccc3c2)c(C)c1. The van der Waals surface area contributed by atoms with Gasteiger partial charge < -0.3 is 10.1 Å². The molecule has 0 bridgehead atoms. The predicted octanol–water partition coefficient (Wildman–Crippen LogP) is 5.10. The molecule has 1 amide bonds. The van der Waals surface area contributed by atoms with E-state index in [4.69, 9.17) is 4.74 Å². The molecule has 0 unspecified atom stereocenters. The molecule has 0 aliphatic heterocycles. The highest BCUT2D eigenvalue weighted by Crippen LogP contribution is 2.22. The van der Waals surface area contributed by atoms with Crippen molar-refractivity contribution >= 4 is 16.7 Å². The minimum absolute atomic E-state index is 0.0641. The highest BCUT2D eigenvalue weighted by atomic mass is 16.5. The Bertz CT molecular complexity index is 932. The monoisotopic (exact) mass is 347 g/mol. The smallest absolute Gasteiger partial charge is 0.261 e. The third-order valence-electron chi connectivity index (χ3n) is 4.65. The van der Waals surface area contributed by atoms with Crippen LogP contribution >= 0.6 is 0 Å². The number of aryl methyl sites for hydroxylation is 2. The molecule has 3 aromatic rings. The topological polar surface area (TPSA) is 38.3 Å². The van der Waals surface area contributed by atoms with Crippen molar-refractivity contribution in [1.82, 2.24) is 5.32 Å². The number of carbonyl (C=O) groups is 1. The van der Waals surface area contributed by atoms with Gasteiger partial charge in [0.05, 0.1) is 6.04 Å². The van der Waals surface area contributed by atoms with Gasteiger partial charge in [-0.15, -0.1) is 0 Å². The van der Waals surface area contributed by atoms with E-state index in [0.29, 0.717) is 5.75 Å². The maximum Gasteiger partial charge on any atom is 0.261 e. The Labute approximate surface area is 155 Å². The summed E-state index contributed by atoms with van der Waals surface area (Å²) < 4.78 is 5.86. The number of amides is 1. The van der Waals surface area contributed by atoms with Crippen LogP contribution < -0.4 is 10.1 Å². The van der Waals surface area contributed by atoms with Crippen molar-refractivity contribution in [3.8, 4) is 5.75 Å². The Kier molecular flexibility index (Phi) is 5.27. The predicted molar refractivity (Wildman–Crippen MR) is 107 cm³/mol. The molecule has 0 fully saturated rings. The second-order valence-electron chi connectivity index (χ2n) is 6.86. The molecule has 0 spiro atoms. The molecular weight excluding hydrogens is 322 g/mol. The first-order valence-corrected chi connectivity index (χ1v) is 8.97. The van der Waals surface area contributed by atoms with Gasteiger partial charge in [0.25, 0.3) is 5.91 Å². The molecule has 0 heterocycles. The lowest BCUT2D eigenvalue weighted by atomic mass is 10.00. The van der Waals surface area contributed by atoms with E-state index in [0.717, 1.165) is 16.3 Å². The Morgan fingerprint density at radius 1 is 0.923 bits per heavy atom. The molecule has 0 aliphatic carbocycles. The van der Waals surface area contributed by atoms with E-state index >= 15 is 0 Å². The summed E-state index contributed by atoms with van der Waals surface area (Å²) in [5, 5.41) is 5.30. The summed E-state index contributed by atoms with van der Waals surface area (Å²) in [6.07, 6.45) is -0.565. The second kappa shape index (κ2) is 7.61. The van der Waals surface area contributed by atoms with Crippen LogP contribution in [0, 0.1) is 13.8 Å². The van der Waals surface area contributed by atoms with Crippen LogP contribution in [0.5, 0.6) is 5.75 Å². The second-order valence-corrected chi connectivity index (χ2v) is 6.86. The third-order valence-corrected chi connectivity index (χ3v) is 4.65. The molecule has 3 nitrogen and oxygen atoms in total. The van der Waals surface area contributed by atoms with Gasteiger partial charge >= 0.3 is 0 Å². The fourth-order valence-corrected chi connectivity index (χ4v) is 3.22. The minimum atomic E-state index is -0.565. The molecule has 3 rings (SSSR count). The van der Waals surface area contributed by atoms with Crippen molar-refractivity contribution in [3.63, 3.8) is 0 Å². The number of carbonyl (C=O) groups excluding carboxylic acids is 1. The van der Waals surface area contributed by atoms with Crippen molar-refractivity contribution < 1.29 is 9.53 Å². The van der Waals surface area contributed by atoms with E-state index in [9.17, 15) is 4.79 Å². The van der Waals surface area contributed by atoms with E-state index in [1.807, 2.05) is 43.3 Å². The third kappa shape index (κ3) is 4.05. The number of ether oxygens (including phenoxy) is 1. The number of fused-ring (bicyclic) bond motifs is 1. The lowest BCUT2D eigenvalue weighted by Crippen LogP contribution is -2.38. The Balaban J connectivity index is 1.66. The van der Waals surface area contributed by atoms with Crippen LogP contribution in [0.15, 0.2) is 60.7 Å². The lowest BCUT2D eigenvalue weighted by Gasteiger charge is -2.20. The van der Waals surface area contributed by atoms with E-state index in [-0.39, 0.29) is 11.9 Å². The van der Waals surface area contributed by atoms with Crippen LogP contribution in [0.3, 0.4) is 0 Å². The maximum atomic E-state index is 12.5. The van der Waals surface area contributed by atoms with Crippen LogP contribution in [0.2, 0.25) is 0 Å². The Morgan fingerprint density at radius 3 is 2.38 bits per heavy atom. The lowest BCUT2D eigenvalue weighted by molar-refractivity contribution is -0.127. The van der Waals surface area contributed by atoms with Gasteiger partial charge in [-0.25, -0.2) is 0 Å². The van der Waals surface area contributed by atoms with Crippen LogP contribution in [0.25, 0.3) is 10.8 Å². The minimum Gasteiger partial charge on any atom is -0.481 e. The summed E-state index contributed by atoms with van der Waals surface area (Å²) in [5.74, 6) is 0.580. The van der Waals surface area contributed by atoms with Gasteiger partial charge in [0.1, 0.15) is 5.75 Å². The zero-order valence-electron chi connectivity index (χ0n) is 15.7. The van der Waals surface area contributed by atoms with E-state index in [1.165, 1.54) is 11.1 Å². The molecule has 3 heteroatoms. The standard InChI is InChI=1S/C23H25NO2/c1-15-9-12-22(16(2)13-15)17(3)24-23(25)18(4)26-21-11-10-19-7-5-6-8-20(19)14-21/h5-14,17-18H,1-4H3,(H,24,25)/t17-,18-/m1/s1. The summed E-state index contributed by atoms with van der Waals surface area (Å²) in [4.78, 5) is 12.5. The van der Waals surface area contributed by atoms with E-state index in [2.05, 4.69) is 43.4 Å². The number of rotatable bonds is 5. The summed E-state index contributed by atoms with van der Waals surface area (Å²) in [7, 11) is 0. The fraction of sp³-hybridized carbons (Fsp3) is 0.261. The van der Waals surface area contributed by atoms with Crippen molar-refractivity contribution in [2.75, 3.05) is 0 Å². The van der Waals surface area contributed by atoms with Gasteiger partial charge in [-0.2, -0.15) is 0 Å². The molecule has 0 saturated carbocycles. The number of hydrogen-bond acceptors (Lipinski definition) is 2. The summed E-state index contributed by atoms with van der Waals surface area (Å²) in [6.45, 7) is 7.91. The maximum absolute atomic E-state index is 12.5. The zero-order chi connectivity index (χ0) is 18.7. The molecule has 0 aromatic heterocycles. The van der Waals surface area contributed by atoms with Crippen molar-refractivity contribution in [1.29, 1.82) is 0 Å². The van der Waals surface area contributed by atoms with Crippen molar-refractivity contribution in [2.24, 2.45) is 0 Å². The quantitative estimate of drug-likeness (QED) is 0.697. The molecular formula is C23H25NO2. The molecule has 2 atom stereocenters. The van der Waals surface area contributed by atoms with Crippen LogP contribution in [-0.4, -0.2) is 12.0 Å². The highest BCUT2D eigenvalue weighted by molar-refractivity contribution is 5.84. The summed E-state index contributed by atoms with van der Waals surface area (Å²) >= 11 is 0. The van der Waals surface area contributed by atoms with Crippen LogP contribution in [0.1, 0.15) is 36.6 Å². The average molecular weight is 347 g/mol. The molecule has 0 radical (unpaired) electrons. The first-order chi connectivity index (χ1) is 12.4. The normalized spacial score (nSPS) is 13.2. The first-order valence-electron chi connectivity index (χ1n) is 8.97. The first kappa shape index (κ1) is 18.0. The largest absolute Gasteiger partial charge is 0.481 e. The van der Waals surface area contributed by atoms with Crippen LogP contribution in [0.4, 0.5) is 0 Å². The molecule has 3 aromatic carbocycles. The number of hydrogen-bond donors (Lipinski definition) is 1. The summed E-state index contributed by atoms with van der Waals surface area (Å²) in [5.41, 5.74) is 3.53. The van der Waals surface area contributed by atoms with Crippen molar-refractivity contribution in [3.05, 3.63) is 77.4 Å². The Morgan fingerprint density at radius 2 is 1.65 bits per heavy atom. The van der Waals surface area contributed by atoms with Gasteiger partial charge in [-0.1, -0.05) is 54.1 Å². The van der Waals surface area contributed by atoms with E-state index in [1.54, 1.807) is 6.92 Å². The molecule has 26 heavy (non-hydrogen) atoms. The molecule has 0 saturated heterocycles. The fourth-order valence-electron chi connectivity index (χ4n) is 3.22. The van der Waals surface area contributed by atoms with Crippen molar-refractivity contribution in [2.45, 2.75) is 39.8 Å². The number of nitrogens with one attached hydrogen (secondary N) is 1. The highest BCUT2D eigenvalue weighted by Gasteiger charge is 2.18. The average Bonchev–Trinajstić information content (AvgIpc) is 2.61. The van der Waals surface area contributed by atoms with Gasteiger partial charge in [0.2, 0.25) is 0 Å². The van der Waals surface area contributed by atoms with E-state index < -0.39 is 6.10 Å². The van der Waals surface area contributed by atoms with Gasteiger partial charge in [0, 0.05) is 0 Å². The molecule has 134 valence electrons. The van der Waals surface area contributed by atoms with Gasteiger partial charge in [0.15, 0.2) is 6.10 Å². The van der Waals surface area contributed by atoms with Gasteiger partial charge in [-0.3, -0.25) is 4.79 Å². The summed E-state index contributed by atoms with van der Waals surface area (Å²) in [6, 6.07) is 20.2. The van der Waals surface area contributed by atoms with Gasteiger partial charge in [-0.05, 0) is 61.7 Å². The number of benzene rings is 3. The Hall–Kier alpha value is -2.81. The molecule has 1 N–H and O–H groups in total.